The minimum absolute atomic E-state index is 0.0486. The molecule has 1 fully saturated rings. The van der Waals surface area contributed by atoms with Crippen LogP contribution in [0.5, 0.6) is 0 Å². The highest BCUT2D eigenvalue weighted by Crippen LogP contribution is 2.28. The summed E-state index contributed by atoms with van der Waals surface area (Å²) < 4.78 is 5.10. The summed E-state index contributed by atoms with van der Waals surface area (Å²) in [5.74, 6) is 0. The van der Waals surface area contributed by atoms with Crippen LogP contribution in [0.15, 0.2) is 5.29 Å². The van der Waals surface area contributed by atoms with E-state index >= 15 is 0 Å². The molecule has 0 radical (unpaired) electrons. The van der Waals surface area contributed by atoms with Crippen molar-refractivity contribution in [1.29, 1.82) is 0 Å². The lowest BCUT2D eigenvalue weighted by atomic mass is 10.5. The van der Waals surface area contributed by atoms with Gasteiger partial charge < -0.3 is 4.74 Å². The lowest BCUT2D eigenvalue weighted by molar-refractivity contribution is 0.0933. The van der Waals surface area contributed by atoms with Gasteiger partial charge in [-0.15, -0.1) is 4.91 Å². The van der Waals surface area contributed by atoms with Crippen molar-refractivity contribution >= 4 is 0 Å². The largest absolute Gasteiger partial charge is 0.355 e. The Bertz CT molecular complexity index is 118. The molecule has 0 aromatic rings. The summed E-state index contributed by atoms with van der Waals surface area (Å²) >= 11 is 0. The molecular formula is C5H10N2O2. The monoisotopic (exact) mass is 130 g/mol. The molecule has 1 saturated heterocycles. The normalized spacial score (nSPS) is 32.4. The molecule has 0 spiro atoms. The molecule has 0 aliphatic carbocycles. The van der Waals surface area contributed by atoms with Gasteiger partial charge in [-0.1, -0.05) is 0 Å². The van der Waals surface area contributed by atoms with E-state index in [0.29, 0.717) is 6.61 Å². The van der Waals surface area contributed by atoms with E-state index in [9.17, 15) is 4.91 Å². The molecule has 4 nitrogen and oxygen atoms in total. The highest BCUT2D eigenvalue weighted by atomic mass is 16.5. The van der Waals surface area contributed by atoms with E-state index < -0.39 is 0 Å². The summed E-state index contributed by atoms with van der Waals surface area (Å²) in [4.78, 5) is 9.86. The van der Waals surface area contributed by atoms with Crippen LogP contribution in [-0.2, 0) is 4.74 Å². The van der Waals surface area contributed by atoms with Gasteiger partial charge in [-0.3, -0.25) is 0 Å². The van der Waals surface area contributed by atoms with Crippen molar-refractivity contribution in [2.24, 2.45) is 5.29 Å². The summed E-state index contributed by atoms with van der Waals surface area (Å²) in [6, 6.07) is 0.183. The molecule has 2 atom stereocenters. The molecule has 9 heavy (non-hydrogen) atoms. The van der Waals surface area contributed by atoms with Crippen molar-refractivity contribution in [3.05, 3.63) is 4.91 Å². The maximum Gasteiger partial charge on any atom is 0.171 e. The molecule has 0 saturated carbocycles. The predicted molar refractivity (Wildman–Crippen MR) is 32.5 cm³/mol. The van der Waals surface area contributed by atoms with Crippen LogP contribution in [0, 0.1) is 4.91 Å². The van der Waals surface area contributed by atoms with Gasteiger partial charge in [0.1, 0.15) is 0 Å². The average Bonchev–Trinajstić information content (AvgIpc) is 2.44. The first-order valence-corrected chi connectivity index (χ1v) is 3.04. The minimum atomic E-state index is -0.0486. The average molecular weight is 130 g/mol. The van der Waals surface area contributed by atoms with Crippen molar-refractivity contribution < 1.29 is 4.74 Å². The summed E-state index contributed by atoms with van der Waals surface area (Å²) in [6.45, 7) is 4.44. The van der Waals surface area contributed by atoms with E-state index in [0.717, 1.165) is 0 Å². The summed E-state index contributed by atoms with van der Waals surface area (Å²) in [5, 5.41) is 4.13. The number of nitroso groups, excluding NO2 is 1. The molecule has 0 N–H and O–H groups in total. The van der Waals surface area contributed by atoms with Crippen LogP contribution < -0.4 is 0 Å². The topological polar surface area (TPSA) is 41.7 Å². The Morgan fingerprint density at radius 3 is 2.78 bits per heavy atom. The Labute approximate surface area is 53.7 Å². The highest BCUT2D eigenvalue weighted by Gasteiger charge is 2.46. The van der Waals surface area contributed by atoms with Gasteiger partial charge in [-0.05, 0) is 13.8 Å². The van der Waals surface area contributed by atoms with E-state index in [1.807, 2.05) is 13.8 Å². The van der Waals surface area contributed by atoms with Gasteiger partial charge in [0.15, 0.2) is 6.23 Å². The van der Waals surface area contributed by atoms with E-state index in [1.54, 1.807) is 0 Å². The zero-order chi connectivity index (χ0) is 6.85. The van der Waals surface area contributed by atoms with Crippen molar-refractivity contribution in [1.82, 2.24) is 5.01 Å². The second-order valence-electron chi connectivity index (χ2n) is 2.05. The fraction of sp³-hybridized carbons (Fsp3) is 1.00. The molecule has 52 valence electrons. The Balaban J connectivity index is 2.24. The lowest BCUT2D eigenvalue weighted by Gasteiger charge is -1.91. The van der Waals surface area contributed by atoms with Crippen LogP contribution in [0.2, 0.25) is 0 Å². The van der Waals surface area contributed by atoms with Crippen molar-refractivity contribution in [3.63, 3.8) is 0 Å². The van der Waals surface area contributed by atoms with Crippen molar-refractivity contribution in [2.45, 2.75) is 26.1 Å². The Kier molecular flexibility index (Phi) is 1.66. The maximum absolute atomic E-state index is 9.86. The number of ether oxygens (including phenoxy) is 1. The smallest absolute Gasteiger partial charge is 0.171 e. The van der Waals surface area contributed by atoms with Crippen LogP contribution in [0.4, 0.5) is 0 Å². The number of nitrogens with zero attached hydrogens (tertiary/aromatic N) is 2. The zero-order valence-electron chi connectivity index (χ0n) is 5.57. The first kappa shape index (κ1) is 6.48. The third-order valence-corrected chi connectivity index (χ3v) is 1.43. The van der Waals surface area contributed by atoms with Crippen LogP contribution >= 0.6 is 0 Å². The predicted octanol–water partition coefficient (Wildman–Crippen LogP) is 0.734. The number of rotatable bonds is 3. The molecule has 1 rings (SSSR count). The van der Waals surface area contributed by atoms with Gasteiger partial charge in [0.2, 0.25) is 0 Å². The van der Waals surface area contributed by atoms with Crippen LogP contribution in [0.3, 0.4) is 0 Å². The van der Waals surface area contributed by atoms with Crippen molar-refractivity contribution in [2.75, 3.05) is 6.61 Å². The molecule has 4 heteroatoms. The highest BCUT2D eigenvalue weighted by molar-refractivity contribution is 4.88. The lowest BCUT2D eigenvalue weighted by Crippen LogP contribution is -1.98. The standard InChI is InChI=1S/C5H10N2O2/c1-3-9-5-4(2)7(5)6-8/h4-5H,3H2,1-2H3. The molecule has 0 amide bonds. The fourth-order valence-corrected chi connectivity index (χ4v) is 0.813. The van der Waals surface area contributed by atoms with E-state index in [1.165, 1.54) is 5.01 Å². The maximum atomic E-state index is 9.86. The van der Waals surface area contributed by atoms with E-state index in [2.05, 4.69) is 5.29 Å². The number of hydrogen-bond acceptors (Lipinski definition) is 3. The van der Waals surface area contributed by atoms with Gasteiger partial charge in [0, 0.05) is 6.61 Å². The molecule has 1 heterocycles. The minimum Gasteiger partial charge on any atom is -0.355 e. The molecule has 1 aliphatic heterocycles. The first-order chi connectivity index (χ1) is 4.31. The Hall–Kier alpha value is -0.640. The molecule has 2 unspecified atom stereocenters. The Morgan fingerprint density at radius 1 is 1.78 bits per heavy atom. The third-order valence-electron chi connectivity index (χ3n) is 1.43. The third kappa shape index (κ3) is 1.03. The molecule has 0 bridgehead atoms. The van der Waals surface area contributed by atoms with Crippen LogP contribution in [0.1, 0.15) is 13.8 Å². The number of hydrogen-bond donors (Lipinski definition) is 0. The molecule has 0 aromatic carbocycles. The van der Waals surface area contributed by atoms with Gasteiger partial charge in [-0.2, -0.15) is 0 Å². The van der Waals surface area contributed by atoms with Crippen molar-refractivity contribution in [3.8, 4) is 0 Å². The molecular weight excluding hydrogens is 120 g/mol. The van der Waals surface area contributed by atoms with E-state index in [-0.39, 0.29) is 12.3 Å². The second kappa shape index (κ2) is 2.31. The fourth-order valence-electron chi connectivity index (χ4n) is 0.813. The SMILES string of the molecule is CCOC1C(C)N1N=O. The zero-order valence-corrected chi connectivity index (χ0v) is 5.57. The first-order valence-electron chi connectivity index (χ1n) is 3.04. The summed E-state index contributed by atoms with van der Waals surface area (Å²) in [5.41, 5.74) is 0. The summed E-state index contributed by atoms with van der Waals surface area (Å²) in [6.07, 6.45) is -0.0486. The Morgan fingerprint density at radius 2 is 2.44 bits per heavy atom. The van der Waals surface area contributed by atoms with Gasteiger partial charge >= 0.3 is 0 Å². The van der Waals surface area contributed by atoms with Crippen LogP contribution in [0.25, 0.3) is 0 Å². The second-order valence-corrected chi connectivity index (χ2v) is 2.05. The quantitative estimate of drug-likeness (QED) is 0.418. The summed E-state index contributed by atoms with van der Waals surface area (Å²) in [7, 11) is 0. The van der Waals surface area contributed by atoms with Gasteiger partial charge in [0.05, 0.1) is 11.3 Å². The van der Waals surface area contributed by atoms with Crippen LogP contribution in [-0.4, -0.2) is 23.9 Å². The van der Waals surface area contributed by atoms with Gasteiger partial charge in [-0.25, -0.2) is 5.01 Å². The molecule has 0 aromatic heterocycles. The molecule has 1 aliphatic rings. The van der Waals surface area contributed by atoms with E-state index in [4.69, 9.17) is 4.74 Å². The van der Waals surface area contributed by atoms with Gasteiger partial charge in [0.25, 0.3) is 0 Å².